The van der Waals surface area contributed by atoms with Crippen molar-refractivity contribution in [3.63, 3.8) is 0 Å². The Labute approximate surface area is 222 Å². The zero-order valence-corrected chi connectivity index (χ0v) is 21.7. The Morgan fingerprint density at radius 2 is 1.53 bits per heavy atom. The van der Waals surface area contributed by atoms with Gasteiger partial charge in [0.2, 0.25) is 23.6 Å². The molecule has 1 saturated heterocycles. The van der Waals surface area contributed by atoms with Crippen molar-refractivity contribution in [3.8, 4) is 0 Å². The first-order valence-corrected chi connectivity index (χ1v) is 12.6. The summed E-state index contributed by atoms with van der Waals surface area (Å²) in [7, 11) is 0. The van der Waals surface area contributed by atoms with Gasteiger partial charge in [0, 0.05) is 6.08 Å². The van der Waals surface area contributed by atoms with Crippen LogP contribution in [0.15, 0.2) is 78.9 Å². The Bertz CT molecular complexity index is 1220. The molecule has 1 heterocycles. The highest BCUT2D eigenvalue weighted by Gasteiger charge is 2.46. The topological polar surface area (TPSA) is 121 Å². The molecular weight excluding hydrogens is 482 g/mol. The summed E-state index contributed by atoms with van der Waals surface area (Å²) in [6.07, 6.45) is 6.50. The fourth-order valence-corrected chi connectivity index (χ4v) is 4.28. The second-order valence-electron chi connectivity index (χ2n) is 9.62. The number of allylic oxidation sites excluding steroid dienone is 2. The Hall–Kier alpha value is -4.33. The summed E-state index contributed by atoms with van der Waals surface area (Å²) in [6, 6.07) is 17.1. The van der Waals surface area contributed by atoms with E-state index in [0.29, 0.717) is 0 Å². The number of carbonyl (C=O) groups excluding carboxylic acids is 5. The molecule has 198 valence electrons. The van der Waals surface area contributed by atoms with E-state index in [1.54, 1.807) is 38.1 Å². The third kappa shape index (κ3) is 7.59. The van der Waals surface area contributed by atoms with Crippen molar-refractivity contribution in [3.05, 3.63) is 90.0 Å². The van der Waals surface area contributed by atoms with E-state index < -0.39 is 47.4 Å². The maximum atomic E-state index is 13.2. The summed E-state index contributed by atoms with van der Waals surface area (Å²) < 4.78 is 0. The average Bonchev–Trinajstić information content (AvgIpc) is 3.16. The molecule has 0 aromatic heterocycles. The van der Waals surface area contributed by atoms with Gasteiger partial charge in [0.25, 0.3) is 0 Å². The van der Waals surface area contributed by atoms with E-state index in [2.05, 4.69) is 16.0 Å². The van der Waals surface area contributed by atoms with Crippen molar-refractivity contribution >= 4 is 35.5 Å². The molecule has 3 N–H and O–H groups in total. The fraction of sp³-hybridized carbons (Fsp3) is 0.300. The molecule has 4 atom stereocenters. The van der Waals surface area contributed by atoms with Crippen molar-refractivity contribution in [2.24, 2.45) is 17.8 Å². The quantitative estimate of drug-likeness (QED) is 0.184. The first-order valence-electron chi connectivity index (χ1n) is 12.6. The van der Waals surface area contributed by atoms with Gasteiger partial charge in [-0.3, -0.25) is 29.3 Å². The molecule has 38 heavy (non-hydrogen) atoms. The molecule has 1 fully saturated rings. The summed E-state index contributed by atoms with van der Waals surface area (Å²) in [4.78, 5) is 62.9. The number of Topliss-reactive ketones (excluding diaryl/α,β-unsaturated/α-hetero) is 1. The van der Waals surface area contributed by atoms with E-state index in [4.69, 9.17) is 0 Å². The molecule has 8 nitrogen and oxygen atoms in total. The van der Waals surface area contributed by atoms with Crippen molar-refractivity contribution < 1.29 is 24.0 Å². The smallest absolute Gasteiger partial charge is 0.244 e. The van der Waals surface area contributed by atoms with E-state index in [1.807, 2.05) is 54.6 Å². The van der Waals surface area contributed by atoms with Crippen LogP contribution in [0, 0.1) is 17.8 Å². The van der Waals surface area contributed by atoms with E-state index in [1.165, 1.54) is 13.0 Å². The van der Waals surface area contributed by atoms with Gasteiger partial charge in [-0.2, -0.15) is 0 Å². The number of hydrogen-bond acceptors (Lipinski definition) is 5. The minimum Gasteiger partial charge on any atom is -0.346 e. The monoisotopic (exact) mass is 515 g/mol. The van der Waals surface area contributed by atoms with Crippen molar-refractivity contribution in [1.29, 1.82) is 0 Å². The number of carbonyl (C=O) groups is 5. The van der Waals surface area contributed by atoms with Crippen LogP contribution in [-0.2, 0) is 24.0 Å². The zero-order valence-electron chi connectivity index (χ0n) is 21.7. The van der Waals surface area contributed by atoms with Gasteiger partial charge in [-0.15, -0.1) is 0 Å². The molecule has 0 aliphatic carbocycles. The van der Waals surface area contributed by atoms with Gasteiger partial charge in [-0.1, -0.05) is 99.7 Å². The van der Waals surface area contributed by atoms with Crippen LogP contribution in [0.25, 0.3) is 6.08 Å². The average molecular weight is 516 g/mol. The molecule has 0 bridgehead atoms. The maximum absolute atomic E-state index is 13.2. The Morgan fingerprint density at radius 3 is 2.11 bits per heavy atom. The first kappa shape index (κ1) is 28.2. The van der Waals surface area contributed by atoms with Crippen molar-refractivity contribution in [1.82, 2.24) is 16.0 Å². The van der Waals surface area contributed by atoms with Gasteiger partial charge in [0.15, 0.2) is 5.78 Å². The number of amides is 4. The van der Waals surface area contributed by atoms with Gasteiger partial charge in [-0.05, 0) is 17.0 Å². The lowest BCUT2D eigenvalue weighted by Crippen LogP contribution is -2.49. The Morgan fingerprint density at radius 1 is 0.895 bits per heavy atom. The Kier molecular flexibility index (Phi) is 9.87. The number of hydrogen-bond donors (Lipinski definition) is 3. The van der Waals surface area contributed by atoms with Crippen LogP contribution in [0.3, 0.4) is 0 Å². The highest BCUT2D eigenvalue weighted by Crippen LogP contribution is 2.24. The third-order valence-electron chi connectivity index (χ3n) is 6.39. The highest BCUT2D eigenvalue weighted by molar-refractivity contribution is 6.16. The van der Waals surface area contributed by atoms with E-state index >= 15 is 0 Å². The summed E-state index contributed by atoms with van der Waals surface area (Å²) in [6.45, 7) is 5.03. The largest absolute Gasteiger partial charge is 0.346 e. The second-order valence-corrected chi connectivity index (χ2v) is 9.62. The lowest BCUT2D eigenvalue weighted by atomic mass is 9.85. The van der Waals surface area contributed by atoms with E-state index in [0.717, 1.165) is 11.1 Å². The lowest BCUT2D eigenvalue weighted by molar-refractivity contribution is -0.137. The summed E-state index contributed by atoms with van der Waals surface area (Å²) in [5, 5.41) is 7.77. The molecule has 4 amide bonds. The molecule has 8 heteroatoms. The second kappa shape index (κ2) is 13.3. The van der Waals surface area contributed by atoms with E-state index in [9.17, 15) is 24.0 Å². The number of benzene rings is 2. The normalized spacial score (nSPS) is 18.9. The summed E-state index contributed by atoms with van der Waals surface area (Å²) in [5.74, 6) is -4.74. The van der Waals surface area contributed by atoms with Crippen LogP contribution >= 0.6 is 0 Å². The molecular formula is C30H33N3O5. The van der Waals surface area contributed by atoms with E-state index in [-0.39, 0.29) is 18.2 Å². The van der Waals surface area contributed by atoms with Gasteiger partial charge in [-0.25, -0.2) is 0 Å². The number of nitrogens with one attached hydrogen (secondary N) is 3. The van der Waals surface area contributed by atoms with Crippen molar-refractivity contribution in [2.45, 2.75) is 39.3 Å². The van der Waals surface area contributed by atoms with Crippen LogP contribution in [0.1, 0.15) is 44.4 Å². The number of imide groups is 1. The summed E-state index contributed by atoms with van der Waals surface area (Å²) >= 11 is 0. The molecule has 0 radical (unpaired) electrons. The zero-order chi connectivity index (χ0) is 27.7. The van der Waals surface area contributed by atoms with Crippen LogP contribution in [-0.4, -0.2) is 35.5 Å². The number of rotatable bonds is 11. The van der Waals surface area contributed by atoms with Gasteiger partial charge in [0.05, 0.1) is 24.4 Å². The van der Waals surface area contributed by atoms with Crippen LogP contribution < -0.4 is 16.0 Å². The maximum Gasteiger partial charge on any atom is 0.244 e. The molecule has 2 aromatic carbocycles. The molecule has 2 aromatic rings. The molecule has 1 aliphatic heterocycles. The van der Waals surface area contributed by atoms with Crippen LogP contribution in [0.4, 0.5) is 0 Å². The summed E-state index contributed by atoms with van der Waals surface area (Å²) in [5.41, 5.74) is 1.73. The minimum atomic E-state index is -1.14. The molecule has 0 saturated carbocycles. The standard InChI is InChI=1S/C30H33N3O5/c1-19(2)27(28(36)26-20(3)29(37)33-30(26)38)32-25(35)18-23(22-15-8-5-9-16-22)31-24(34)17-11-10-14-21-12-6-4-7-13-21/h4-17,19-20,23,26-27H,18H2,1-3H3,(H,31,34)(H,32,35)(H,33,37,38)/b14-10+,17-11+/t20-,23-,26+,27-/m0/s1. The van der Waals surface area contributed by atoms with Gasteiger partial charge >= 0.3 is 0 Å². The molecule has 0 spiro atoms. The minimum absolute atomic E-state index is 0.120. The van der Waals surface area contributed by atoms with Gasteiger partial charge < -0.3 is 10.6 Å². The molecule has 0 unspecified atom stereocenters. The highest BCUT2D eigenvalue weighted by atomic mass is 16.2. The molecule has 3 rings (SSSR count). The lowest BCUT2D eigenvalue weighted by Gasteiger charge is -2.25. The predicted octanol–water partition coefficient (Wildman–Crippen LogP) is 3.12. The fourth-order valence-electron chi connectivity index (χ4n) is 4.28. The molecule has 1 aliphatic rings. The Balaban J connectivity index is 1.68. The number of ketones is 1. The first-order chi connectivity index (χ1) is 18.2. The predicted molar refractivity (Wildman–Crippen MR) is 144 cm³/mol. The van der Waals surface area contributed by atoms with Crippen LogP contribution in [0.5, 0.6) is 0 Å². The van der Waals surface area contributed by atoms with Crippen molar-refractivity contribution in [2.75, 3.05) is 0 Å². The SMILES string of the molecule is CC(C)[C@H](NC(=O)C[C@H](NC(=O)/C=C/C=C/c1ccccc1)c1ccccc1)C(=O)[C@@H]1C(=O)NC(=O)[C@H]1C. The van der Waals surface area contributed by atoms with Crippen LogP contribution in [0.2, 0.25) is 0 Å². The van der Waals surface area contributed by atoms with Gasteiger partial charge in [0.1, 0.15) is 5.92 Å². The third-order valence-corrected chi connectivity index (χ3v) is 6.39.